The molecular formula is C41H52O14. The molecule has 0 fully saturated rings. The number of aliphatic hydroxyl groups excluding tert-OH is 2. The van der Waals surface area contributed by atoms with Crippen LogP contribution in [0.25, 0.3) is 0 Å². The van der Waals surface area contributed by atoms with E-state index < -0.39 is 12.2 Å². The monoisotopic (exact) mass is 768 g/mol. The fraction of sp³-hybridized carbons (Fsp3) is 0.415. The maximum atomic E-state index is 11.2. The van der Waals surface area contributed by atoms with Gasteiger partial charge in [0.1, 0.15) is 23.0 Å². The van der Waals surface area contributed by atoms with Crippen LogP contribution in [0.4, 0.5) is 0 Å². The van der Waals surface area contributed by atoms with Crippen molar-refractivity contribution in [2.24, 2.45) is 0 Å². The zero-order valence-electron chi connectivity index (χ0n) is 32.2. The number of rotatable bonds is 26. The highest BCUT2D eigenvalue weighted by molar-refractivity contribution is 5.50. The summed E-state index contributed by atoms with van der Waals surface area (Å²) in [5.74, 6) is 3.85. The van der Waals surface area contributed by atoms with Crippen LogP contribution in [-0.4, -0.2) is 86.8 Å². The molecule has 2 atom stereocenters. The molecule has 2 N–H and O–H groups in total. The van der Waals surface area contributed by atoms with Gasteiger partial charge in [0.05, 0.1) is 19.3 Å². The highest BCUT2D eigenvalue weighted by atomic mass is 16.7. The summed E-state index contributed by atoms with van der Waals surface area (Å²) in [7, 11) is 9.23. The van der Waals surface area contributed by atoms with E-state index in [1.165, 1.54) is 35.5 Å². The number of ether oxygens (including phenoxy) is 12. The highest BCUT2D eigenvalue weighted by Crippen LogP contribution is 2.39. The number of benzene rings is 4. The molecule has 0 aromatic heterocycles. The Morgan fingerprint density at radius 2 is 0.836 bits per heavy atom. The van der Waals surface area contributed by atoms with Crippen LogP contribution in [0.5, 0.6) is 46.0 Å². The molecule has 0 saturated carbocycles. The largest absolute Gasteiger partial charge is 0.493 e. The summed E-state index contributed by atoms with van der Waals surface area (Å²) in [5, 5.41) is 22.4. The van der Waals surface area contributed by atoms with Crippen molar-refractivity contribution in [1.29, 1.82) is 0 Å². The van der Waals surface area contributed by atoms with Crippen LogP contribution < -0.4 is 33.2 Å². The Hall–Kier alpha value is -4.80. The maximum Gasteiger partial charge on any atom is 0.188 e. The summed E-state index contributed by atoms with van der Waals surface area (Å²) in [6, 6.07) is 21.6. The highest BCUT2D eigenvalue weighted by Gasteiger charge is 2.19. The molecule has 4 aromatic rings. The minimum absolute atomic E-state index is 0.00959. The molecule has 4 aromatic carbocycles. The van der Waals surface area contributed by atoms with Crippen LogP contribution in [0.3, 0.4) is 0 Å². The van der Waals surface area contributed by atoms with E-state index >= 15 is 0 Å². The van der Waals surface area contributed by atoms with Gasteiger partial charge in [-0.15, -0.1) is 0 Å². The smallest absolute Gasteiger partial charge is 0.188 e. The van der Waals surface area contributed by atoms with Crippen molar-refractivity contribution in [3.8, 4) is 46.0 Å². The third-order valence-corrected chi connectivity index (χ3v) is 8.24. The fourth-order valence-electron chi connectivity index (χ4n) is 5.53. The molecule has 0 saturated heterocycles. The molecule has 14 heteroatoms. The quantitative estimate of drug-likeness (QED) is 0.0650. The Balaban J connectivity index is 1.47. The average molecular weight is 769 g/mol. The Bertz CT molecular complexity index is 1730. The minimum Gasteiger partial charge on any atom is -0.493 e. The molecule has 55 heavy (non-hydrogen) atoms. The van der Waals surface area contributed by atoms with Gasteiger partial charge in [-0.25, -0.2) is 0 Å². The first-order valence-electron chi connectivity index (χ1n) is 17.5. The molecule has 4 rings (SSSR count). The molecule has 0 heterocycles. The van der Waals surface area contributed by atoms with Crippen LogP contribution in [0.1, 0.15) is 47.3 Å². The van der Waals surface area contributed by atoms with Crippen molar-refractivity contribution in [2.45, 2.75) is 37.9 Å². The lowest BCUT2D eigenvalue weighted by molar-refractivity contribution is 0.0433. The van der Waals surface area contributed by atoms with Gasteiger partial charge in [-0.3, -0.25) is 0 Å². The molecule has 0 bridgehead atoms. The van der Waals surface area contributed by atoms with E-state index in [4.69, 9.17) is 56.8 Å². The van der Waals surface area contributed by atoms with Crippen molar-refractivity contribution < 1.29 is 67.1 Å². The van der Waals surface area contributed by atoms with Gasteiger partial charge in [-0.1, -0.05) is 12.1 Å². The Kier molecular flexibility index (Phi) is 18.1. The van der Waals surface area contributed by atoms with Gasteiger partial charge >= 0.3 is 0 Å². The lowest BCUT2D eigenvalue weighted by Crippen LogP contribution is -2.07. The van der Waals surface area contributed by atoms with Gasteiger partial charge in [0.25, 0.3) is 0 Å². The lowest BCUT2D eigenvalue weighted by Gasteiger charge is -2.19. The molecule has 0 spiro atoms. The van der Waals surface area contributed by atoms with Crippen molar-refractivity contribution in [1.82, 2.24) is 0 Å². The van der Waals surface area contributed by atoms with Crippen molar-refractivity contribution in [2.75, 3.05) is 76.6 Å². The third kappa shape index (κ3) is 13.2. The first-order chi connectivity index (χ1) is 26.8. The van der Waals surface area contributed by atoms with Gasteiger partial charge in [-0.05, 0) is 85.3 Å². The summed E-state index contributed by atoms with van der Waals surface area (Å²) >= 11 is 0. The second kappa shape index (κ2) is 23.2. The van der Waals surface area contributed by atoms with Crippen LogP contribution >= 0.6 is 0 Å². The van der Waals surface area contributed by atoms with E-state index in [1.807, 2.05) is 30.3 Å². The molecular weight excluding hydrogens is 716 g/mol. The van der Waals surface area contributed by atoms with Crippen LogP contribution in [-0.2, 0) is 36.5 Å². The Morgan fingerprint density at radius 3 is 1.29 bits per heavy atom. The predicted molar refractivity (Wildman–Crippen MR) is 201 cm³/mol. The van der Waals surface area contributed by atoms with E-state index in [9.17, 15) is 10.2 Å². The van der Waals surface area contributed by atoms with Crippen LogP contribution in [0, 0.1) is 0 Å². The molecule has 0 aliphatic carbocycles. The zero-order valence-corrected chi connectivity index (χ0v) is 32.2. The van der Waals surface area contributed by atoms with Crippen molar-refractivity contribution in [3.05, 3.63) is 95.1 Å². The summed E-state index contributed by atoms with van der Waals surface area (Å²) in [6.45, 7) is 0.203. The second-order valence-corrected chi connectivity index (χ2v) is 12.1. The second-order valence-electron chi connectivity index (χ2n) is 12.1. The molecule has 2 unspecified atom stereocenters. The van der Waals surface area contributed by atoms with Crippen molar-refractivity contribution >= 4 is 0 Å². The standard InChI is InChI=1S/C41H52O14/c1-44-23-50-30-11-13-32(38(21-30)53-26-47-4)34(42)15-7-28-10-18-37(40(19-28)49-6)55-41-20-29(9-17-36(41)52-25-46-3)8-16-35(43)33-14-12-31(51-24-45-2)22-39(33)54-27-48-5/h9-14,17-22,34-35,42-43H,7-8,15-16,23-27H2,1-6H3. The Labute approximate surface area is 322 Å². The third-order valence-electron chi connectivity index (χ3n) is 8.24. The first kappa shape index (κ1) is 42.9. The average Bonchev–Trinajstić information content (AvgIpc) is 3.21. The maximum absolute atomic E-state index is 11.2. The summed E-state index contributed by atoms with van der Waals surface area (Å²) < 4.78 is 65.7. The fourth-order valence-corrected chi connectivity index (χ4v) is 5.53. The van der Waals surface area contributed by atoms with Gasteiger partial charge in [0.2, 0.25) is 0 Å². The minimum atomic E-state index is -0.845. The predicted octanol–water partition coefficient (Wildman–Crippen LogP) is 6.73. The SMILES string of the molecule is COCOc1ccc(C(O)CCc2ccc(Oc3cc(CCC(O)c4ccc(OCOC)cc4OCOC)ccc3OCOC)c(OC)c2)c(OCOC)c1. The number of methoxy groups -OCH3 is 6. The molecule has 0 amide bonds. The molecule has 14 nitrogen and oxygen atoms in total. The summed E-state index contributed by atoms with van der Waals surface area (Å²) in [5.41, 5.74) is 3.03. The molecule has 0 aliphatic rings. The number of aliphatic hydroxyl groups is 2. The van der Waals surface area contributed by atoms with E-state index in [1.54, 1.807) is 49.6 Å². The van der Waals surface area contributed by atoms with Gasteiger partial charge in [0.15, 0.2) is 57.0 Å². The van der Waals surface area contributed by atoms with Gasteiger partial charge < -0.3 is 67.1 Å². The van der Waals surface area contributed by atoms with Gasteiger partial charge in [0, 0.05) is 58.8 Å². The molecule has 0 aliphatic heterocycles. The topological polar surface area (TPSA) is 151 Å². The van der Waals surface area contributed by atoms with Crippen LogP contribution in [0.15, 0.2) is 72.8 Å². The lowest BCUT2D eigenvalue weighted by atomic mass is 10.00. The van der Waals surface area contributed by atoms with Gasteiger partial charge in [-0.2, -0.15) is 0 Å². The normalized spacial score (nSPS) is 12.1. The van der Waals surface area contributed by atoms with E-state index in [2.05, 4.69) is 0 Å². The number of hydrogen-bond acceptors (Lipinski definition) is 14. The zero-order chi connectivity index (χ0) is 39.4. The molecule has 0 radical (unpaired) electrons. The van der Waals surface area contributed by atoms with E-state index in [0.29, 0.717) is 82.8 Å². The van der Waals surface area contributed by atoms with E-state index in [-0.39, 0.29) is 34.0 Å². The van der Waals surface area contributed by atoms with Crippen LogP contribution in [0.2, 0.25) is 0 Å². The summed E-state index contributed by atoms with van der Waals surface area (Å²) in [4.78, 5) is 0. The van der Waals surface area contributed by atoms with E-state index in [0.717, 1.165) is 11.1 Å². The molecule has 300 valence electrons. The number of hydrogen-bond donors (Lipinski definition) is 2. The summed E-state index contributed by atoms with van der Waals surface area (Å²) in [6.07, 6.45) is 0.152. The Morgan fingerprint density at radius 1 is 0.418 bits per heavy atom. The first-order valence-corrected chi connectivity index (χ1v) is 17.5. The van der Waals surface area contributed by atoms with Crippen molar-refractivity contribution in [3.63, 3.8) is 0 Å². The number of aryl methyl sites for hydroxylation is 2.